The highest BCUT2D eigenvalue weighted by Crippen LogP contribution is 2.21. The third-order valence-electron chi connectivity index (χ3n) is 3.09. The fraction of sp³-hybridized carbons (Fsp3) is 0.0625. The molecule has 0 atom stereocenters. The molecule has 0 bridgehead atoms. The minimum atomic E-state index is -0.235. The molecule has 2 N–H and O–H groups in total. The molecule has 100 valence electrons. The lowest BCUT2D eigenvalue weighted by molar-refractivity contribution is 0.0923. The Kier molecular flexibility index (Phi) is 3.13. The summed E-state index contributed by atoms with van der Waals surface area (Å²) in [5.74, 6) is 0.313. The van der Waals surface area contributed by atoms with Crippen molar-refractivity contribution in [3.63, 3.8) is 0 Å². The maximum absolute atomic E-state index is 11.7. The first-order valence-corrected chi connectivity index (χ1v) is 6.26. The molecule has 0 spiro atoms. The fourth-order valence-electron chi connectivity index (χ4n) is 2.07. The number of phenolic OH excluding ortho intramolecular Hbond substituents is 1. The number of furan rings is 1. The smallest absolute Gasteiger partial charge is 0.287 e. The van der Waals surface area contributed by atoms with Gasteiger partial charge >= 0.3 is 0 Å². The van der Waals surface area contributed by atoms with Crippen LogP contribution in [0.3, 0.4) is 0 Å². The molecule has 1 amide bonds. The number of hydrogen-bond acceptors (Lipinski definition) is 3. The second-order valence-electron chi connectivity index (χ2n) is 4.53. The Morgan fingerprint density at radius 3 is 2.70 bits per heavy atom. The molecule has 1 aromatic heterocycles. The van der Waals surface area contributed by atoms with E-state index >= 15 is 0 Å². The molecule has 0 aliphatic rings. The van der Waals surface area contributed by atoms with Crippen LogP contribution >= 0.6 is 0 Å². The van der Waals surface area contributed by atoms with Crippen molar-refractivity contribution in [1.82, 2.24) is 5.32 Å². The van der Waals surface area contributed by atoms with Crippen molar-refractivity contribution in [3.8, 4) is 5.75 Å². The van der Waals surface area contributed by atoms with Gasteiger partial charge in [-0.05, 0) is 46.7 Å². The van der Waals surface area contributed by atoms with Crippen LogP contribution in [-0.4, -0.2) is 11.0 Å². The van der Waals surface area contributed by atoms with Crippen LogP contribution < -0.4 is 5.32 Å². The zero-order valence-electron chi connectivity index (χ0n) is 10.7. The number of phenols is 1. The summed E-state index contributed by atoms with van der Waals surface area (Å²) in [4.78, 5) is 11.7. The Bertz CT molecular complexity index is 748. The maximum atomic E-state index is 11.7. The molecule has 4 heteroatoms. The van der Waals surface area contributed by atoms with E-state index in [-0.39, 0.29) is 11.7 Å². The second-order valence-corrected chi connectivity index (χ2v) is 4.53. The molecule has 0 saturated carbocycles. The molecule has 2 aromatic carbocycles. The van der Waals surface area contributed by atoms with Gasteiger partial charge in [0.05, 0.1) is 6.26 Å². The largest absolute Gasteiger partial charge is 0.508 e. The predicted molar refractivity (Wildman–Crippen MR) is 75.5 cm³/mol. The van der Waals surface area contributed by atoms with Gasteiger partial charge in [-0.15, -0.1) is 0 Å². The van der Waals surface area contributed by atoms with E-state index in [0.717, 1.165) is 16.3 Å². The molecule has 3 rings (SSSR count). The lowest BCUT2D eigenvalue weighted by atomic mass is 10.1. The highest BCUT2D eigenvalue weighted by atomic mass is 16.3. The van der Waals surface area contributed by atoms with E-state index < -0.39 is 0 Å². The molecular formula is C16H13NO3. The van der Waals surface area contributed by atoms with Gasteiger partial charge in [-0.2, -0.15) is 0 Å². The van der Waals surface area contributed by atoms with Gasteiger partial charge in [-0.1, -0.05) is 18.2 Å². The first-order chi connectivity index (χ1) is 9.72. The summed E-state index contributed by atoms with van der Waals surface area (Å²) in [5.41, 5.74) is 0.989. The normalized spacial score (nSPS) is 10.6. The van der Waals surface area contributed by atoms with Crippen molar-refractivity contribution in [2.75, 3.05) is 0 Å². The molecule has 1 heterocycles. The Morgan fingerprint density at radius 1 is 1.10 bits per heavy atom. The summed E-state index contributed by atoms with van der Waals surface area (Å²) in [6.07, 6.45) is 1.47. The number of hydrogen-bond donors (Lipinski definition) is 2. The highest BCUT2D eigenvalue weighted by molar-refractivity contribution is 5.91. The van der Waals surface area contributed by atoms with Gasteiger partial charge in [0.15, 0.2) is 5.76 Å². The van der Waals surface area contributed by atoms with E-state index in [2.05, 4.69) is 5.32 Å². The SMILES string of the molecule is O=C(NCc1ccc2cc(O)ccc2c1)c1ccco1. The number of nitrogens with one attached hydrogen (secondary N) is 1. The first kappa shape index (κ1) is 12.3. The number of rotatable bonds is 3. The maximum Gasteiger partial charge on any atom is 0.287 e. The molecule has 4 nitrogen and oxygen atoms in total. The Labute approximate surface area is 115 Å². The minimum Gasteiger partial charge on any atom is -0.508 e. The molecular weight excluding hydrogens is 254 g/mol. The van der Waals surface area contributed by atoms with Crippen molar-refractivity contribution < 1.29 is 14.3 Å². The summed E-state index contributed by atoms with van der Waals surface area (Å²) < 4.78 is 5.03. The summed E-state index contributed by atoms with van der Waals surface area (Å²) >= 11 is 0. The fourth-order valence-corrected chi connectivity index (χ4v) is 2.07. The lowest BCUT2D eigenvalue weighted by Gasteiger charge is -2.05. The molecule has 0 saturated heterocycles. The van der Waals surface area contributed by atoms with E-state index in [9.17, 15) is 9.90 Å². The van der Waals surface area contributed by atoms with Gasteiger partial charge in [0.2, 0.25) is 0 Å². The van der Waals surface area contributed by atoms with E-state index in [1.807, 2.05) is 24.3 Å². The summed E-state index contributed by atoms with van der Waals surface area (Å²) in [6.45, 7) is 0.427. The monoisotopic (exact) mass is 267 g/mol. The van der Waals surface area contributed by atoms with Crippen LogP contribution in [0, 0.1) is 0 Å². The van der Waals surface area contributed by atoms with E-state index in [1.54, 1.807) is 24.3 Å². The van der Waals surface area contributed by atoms with Crippen molar-refractivity contribution in [2.45, 2.75) is 6.54 Å². The van der Waals surface area contributed by atoms with Crippen molar-refractivity contribution >= 4 is 16.7 Å². The van der Waals surface area contributed by atoms with E-state index in [0.29, 0.717) is 12.3 Å². The van der Waals surface area contributed by atoms with Gasteiger partial charge in [-0.25, -0.2) is 0 Å². The van der Waals surface area contributed by atoms with Crippen LogP contribution in [0.25, 0.3) is 10.8 Å². The third kappa shape index (κ3) is 2.49. The zero-order valence-corrected chi connectivity index (χ0v) is 10.7. The number of aromatic hydroxyl groups is 1. The van der Waals surface area contributed by atoms with Crippen LogP contribution in [0.5, 0.6) is 5.75 Å². The summed E-state index contributed by atoms with van der Waals surface area (Å²) in [5, 5.41) is 14.2. The van der Waals surface area contributed by atoms with Gasteiger partial charge < -0.3 is 14.8 Å². The minimum absolute atomic E-state index is 0.235. The van der Waals surface area contributed by atoms with Gasteiger partial charge in [-0.3, -0.25) is 4.79 Å². The van der Waals surface area contributed by atoms with Gasteiger partial charge in [0.25, 0.3) is 5.91 Å². The predicted octanol–water partition coefficient (Wildman–Crippen LogP) is 3.07. The van der Waals surface area contributed by atoms with Crippen molar-refractivity contribution in [3.05, 3.63) is 66.1 Å². The van der Waals surface area contributed by atoms with E-state index in [4.69, 9.17) is 4.42 Å². The topological polar surface area (TPSA) is 62.5 Å². The average molecular weight is 267 g/mol. The Morgan fingerprint density at radius 2 is 1.90 bits per heavy atom. The molecule has 20 heavy (non-hydrogen) atoms. The standard InChI is InChI=1S/C16H13NO3/c18-14-6-5-12-8-11(3-4-13(12)9-14)10-17-16(19)15-2-1-7-20-15/h1-9,18H,10H2,(H,17,19). The van der Waals surface area contributed by atoms with Crippen LogP contribution in [-0.2, 0) is 6.54 Å². The van der Waals surface area contributed by atoms with Crippen molar-refractivity contribution in [2.24, 2.45) is 0 Å². The molecule has 3 aromatic rings. The van der Waals surface area contributed by atoms with Crippen LogP contribution in [0.15, 0.2) is 59.2 Å². The van der Waals surface area contributed by atoms with Crippen molar-refractivity contribution in [1.29, 1.82) is 0 Å². The quantitative estimate of drug-likeness (QED) is 0.766. The number of benzene rings is 2. The molecule has 0 aliphatic carbocycles. The molecule has 0 unspecified atom stereocenters. The molecule has 0 aliphatic heterocycles. The van der Waals surface area contributed by atoms with Crippen LogP contribution in [0.2, 0.25) is 0 Å². The summed E-state index contributed by atoms with van der Waals surface area (Å²) in [6, 6.07) is 14.3. The molecule has 0 radical (unpaired) electrons. The number of carbonyl (C=O) groups excluding carboxylic acids is 1. The van der Waals surface area contributed by atoms with Crippen LogP contribution in [0.4, 0.5) is 0 Å². The lowest BCUT2D eigenvalue weighted by Crippen LogP contribution is -2.22. The Balaban J connectivity index is 1.75. The zero-order chi connectivity index (χ0) is 13.9. The number of carbonyl (C=O) groups is 1. The Hall–Kier alpha value is -2.75. The van der Waals surface area contributed by atoms with E-state index in [1.165, 1.54) is 6.26 Å². The third-order valence-corrected chi connectivity index (χ3v) is 3.09. The number of amides is 1. The second kappa shape index (κ2) is 5.09. The van der Waals surface area contributed by atoms with Gasteiger partial charge in [0.1, 0.15) is 5.75 Å². The average Bonchev–Trinajstić information content (AvgIpc) is 2.99. The first-order valence-electron chi connectivity index (χ1n) is 6.26. The van der Waals surface area contributed by atoms with Crippen LogP contribution in [0.1, 0.15) is 16.1 Å². The summed E-state index contributed by atoms with van der Waals surface area (Å²) in [7, 11) is 0. The van der Waals surface area contributed by atoms with Gasteiger partial charge in [0, 0.05) is 6.54 Å². The highest BCUT2D eigenvalue weighted by Gasteiger charge is 2.07. The number of fused-ring (bicyclic) bond motifs is 1. The molecule has 0 fully saturated rings.